The van der Waals surface area contributed by atoms with Crippen molar-refractivity contribution in [2.24, 2.45) is 0 Å². The minimum Gasteiger partial charge on any atom is -0.480 e. The van der Waals surface area contributed by atoms with Crippen molar-refractivity contribution in [3.8, 4) is 100 Å². The maximum absolute atomic E-state index is 14.0. The van der Waals surface area contributed by atoms with Crippen LogP contribution in [0, 0.1) is 84.3 Å². The Balaban J connectivity index is 0.000000137. The molecule has 0 amide bonds. The molecule has 12 heterocycles. The quantitative estimate of drug-likeness (QED) is 0.0374. The number of imidazole rings is 4. The lowest BCUT2D eigenvalue weighted by atomic mass is 10.2. The van der Waals surface area contributed by atoms with E-state index in [0.717, 1.165) is 72.8 Å². The summed E-state index contributed by atoms with van der Waals surface area (Å²) < 4.78 is 209. The maximum atomic E-state index is 14.0. The lowest BCUT2D eigenvalue weighted by Gasteiger charge is -2.13. The number of aromatic nitrogens is 16. The van der Waals surface area contributed by atoms with Crippen molar-refractivity contribution < 1.29 is 66.1 Å². The van der Waals surface area contributed by atoms with Crippen LogP contribution in [-0.4, -0.2) is 119 Å². The van der Waals surface area contributed by atoms with Crippen LogP contribution in [0.1, 0.15) is 24.1 Å². The van der Waals surface area contributed by atoms with Crippen LogP contribution in [0.25, 0.3) is 67.6 Å². The van der Waals surface area contributed by atoms with Gasteiger partial charge in [-0.05, 0) is 169 Å². The van der Waals surface area contributed by atoms with Gasteiger partial charge in [-0.1, -0.05) is 23.2 Å². The van der Waals surface area contributed by atoms with E-state index in [4.69, 9.17) is 55.0 Å². The van der Waals surface area contributed by atoms with Gasteiger partial charge in [0.25, 0.3) is 40.1 Å². The molecule has 0 aliphatic heterocycles. The van der Waals surface area contributed by atoms with Crippen LogP contribution in [0.4, 0.5) is 49.1 Å². The number of nitrogens with one attached hydrogen (secondary N) is 4. The highest BCUT2D eigenvalue weighted by atomic mass is 35.5. The Morgan fingerprint density at radius 1 is 0.373 bits per heavy atom. The second-order valence-corrected chi connectivity index (χ2v) is 31.3. The lowest BCUT2D eigenvalue weighted by molar-refractivity contribution is 0.400. The molecule has 0 spiro atoms. The van der Waals surface area contributed by atoms with Crippen LogP contribution in [-0.2, 0) is 40.1 Å². The van der Waals surface area contributed by atoms with Crippen LogP contribution in [0.5, 0.6) is 5.88 Å². The first kappa shape index (κ1) is 79.8. The molecule has 0 saturated carbocycles. The van der Waals surface area contributed by atoms with Gasteiger partial charge in [0.1, 0.15) is 73.2 Å². The highest BCUT2D eigenvalue weighted by Gasteiger charge is 2.26. The number of hydrogen-bond donors (Lipinski definition) is 4. The molecule has 588 valence electrons. The van der Waals surface area contributed by atoms with Gasteiger partial charge in [0, 0.05) is 59.2 Å². The SMILES string of the molecule is C#Cc1cnc2ccc(-c3cnc(Cl)c(NS(=O)(=O)c4ccc(F)cc4)c3)nn12.C#Cc1cnc2ccc(-c3cnc(Cl)c(NS(=O)(=O)c4ccc(F)cc4F)c3)nn12.C#Cc1cnc2ccc(-c3cnc(OC)c(NS(=O)(=O)c4ccc(F)cc4F)c3)nn12.[2H]c1ncc(-c2ccc3ncc(C#C)n3n2)cc1NS(=O)(=O)c1ccc(F)cc1. The van der Waals surface area contributed by atoms with Crippen LogP contribution < -0.4 is 23.6 Å². The Labute approximate surface area is 676 Å². The van der Waals surface area contributed by atoms with Crippen LogP contribution in [0.15, 0.2) is 233 Å². The second kappa shape index (κ2) is 33.7. The molecule has 0 aliphatic rings. The molecular weight excluding hydrogens is 1660 g/mol. The van der Waals surface area contributed by atoms with Gasteiger partial charge in [-0.15, -0.1) is 25.7 Å². The molecule has 29 nitrogen and oxygen atoms in total. The summed E-state index contributed by atoms with van der Waals surface area (Å²) in [6, 6.07) is 32.2. The van der Waals surface area contributed by atoms with E-state index in [2.05, 4.69) is 103 Å². The fourth-order valence-corrected chi connectivity index (χ4v) is 15.4. The van der Waals surface area contributed by atoms with E-state index in [9.17, 15) is 60.0 Å². The van der Waals surface area contributed by atoms with Gasteiger partial charge in [0.2, 0.25) is 5.88 Å². The first-order valence-corrected chi connectivity index (χ1v) is 39.7. The molecule has 0 unspecified atom stereocenters. The van der Waals surface area contributed by atoms with Crippen molar-refractivity contribution in [3.63, 3.8) is 0 Å². The fourth-order valence-electron chi connectivity index (χ4n) is 10.7. The molecule has 0 bridgehead atoms. The molecule has 16 rings (SSSR count). The van der Waals surface area contributed by atoms with E-state index in [-0.39, 0.29) is 54.9 Å². The number of anilines is 4. The molecule has 41 heteroatoms. The Hall–Kier alpha value is -14.8. The van der Waals surface area contributed by atoms with Crippen molar-refractivity contribution in [3.05, 3.63) is 281 Å². The van der Waals surface area contributed by atoms with Crippen molar-refractivity contribution in [1.29, 1.82) is 0 Å². The molecule has 16 aromatic rings. The average Bonchev–Trinajstić information content (AvgIpc) is 1.79. The van der Waals surface area contributed by atoms with E-state index in [0.29, 0.717) is 103 Å². The summed E-state index contributed by atoms with van der Waals surface area (Å²) in [4.78, 5) is 30.8. The monoisotopic (exact) mass is 1710 g/mol. The molecule has 12 aromatic heterocycles. The highest BCUT2D eigenvalue weighted by Crippen LogP contribution is 2.34. The summed E-state index contributed by atoms with van der Waals surface area (Å²) in [5, 5.41) is 17.4. The molecule has 4 N–H and O–H groups in total. The van der Waals surface area contributed by atoms with Gasteiger partial charge in [0.15, 0.2) is 32.9 Å². The van der Waals surface area contributed by atoms with E-state index < -0.39 is 84.8 Å². The topological polar surface area (TPSA) is 366 Å². The first-order chi connectivity index (χ1) is 56.8. The Morgan fingerprint density at radius 2 is 0.695 bits per heavy atom. The van der Waals surface area contributed by atoms with Crippen LogP contribution in [0.3, 0.4) is 0 Å². The van der Waals surface area contributed by atoms with E-state index in [1.807, 2.05) is 0 Å². The van der Waals surface area contributed by atoms with E-state index in [1.54, 1.807) is 48.5 Å². The zero-order chi connectivity index (χ0) is 84.8. The van der Waals surface area contributed by atoms with Gasteiger partial charge in [-0.25, -0.2) is 113 Å². The number of halogens is 8. The molecule has 0 fully saturated rings. The zero-order valence-corrected chi connectivity index (χ0v) is 64.2. The van der Waals surface area contributed by atoms with Crippen molar-refractivity contribution in [1.82, 2.24) is 78.3 Å². The summed E-state index contributed by atoms with van der Waals surface area (Å²) in [5.74, 6) is 4.46. The summed E-state index contributed by atoms with van der Waals surface area (Å²) in [5.41, 5.74) is 7.42. The maximum Gasteiger partial charge on any atom is 0.264 e. The number of fused-ring (bicyclic) bond motifs is 4. The van der Waals surface area contributed by atoms with Crippen molar-refractivity contribution in [2.75, 3.05) is 26.0 Å². The summed E-state index contributed by atoms with van der Waals surface area (Å²) in [6.07, 6.45) is 33.2. The smallest absolute Gasteiger partial charge is 0.264 e. The first-order valence-electron chi connectivity index (χ1n) is 33.5. The third-order valence-corrected chi connectivity index (χ3v) is 22.4. The standard InChI is InChI=1S/C20H13F2N5O3S.C19H10ClF2N5O2S.C19H11ClFN5O2S.C19H12FN5O2S/c1-3-14-11-23-19-7-5-16(25-27(14)19)12-8-17(20(30-2)24-10-12)26-31(28,29)18-6-4-13(21)9-15(18)22;1-2-13-10-23-18-6-4-15(25-27(13)18)11-7-16(19(20)24-9-11)26-30(28,29)17-5-3-12(21)8-14(17)22;1-2-14-11-22-18-8-7-16(24-26(14)18)12-9-17(19(20)23-10-12)25-29(27,28)15-5-3-13(21)4-6-15;1-2-16-12-22-19-8-7-18(23-25(16)19)13-9-15(11-21-10-13)24-28(26,27)17-5-3-14(20)4-6-17/h1,4-11,26H,2H3;1,3-10,26H;1,3-11,25H;1,3-12,24H/i;;;11D. The van der Waals surface area contributed by atoms with Gasteiger partial charge >= 0.3 is 0 Å². The lowest BCUT2D eigenvalue weighted by Crippen LogP contribution is -2.16. The van der Waals surface area contributed by atoms with Gasteiger partial charge in [-0.3, -0.25) is 23.9 Å². The zero-order valence-electron chi connectivity index (χ0n) is 60.4. The number of hydrogen-bond acceptors (Lipinski definition) is 21. The largest absolute Gasteiger partial charge is 0.480 e. The summed E-state index contributed by atoms with van der Waals surface area (Å²) in [7, 11) is -15.5. The number of nitrogens with zero attached hydrogens (tertiary/aromatic N) is 16. The van der Waals surface area contributed by atoms with Crippen LogP contribution >= 0.6 is 23.2 Å². The number of benzene rings is 4. The highest BCUT2D eigenvalue weighted by molar-refractivity contribution is 7.93. The summed E-state index contributed by atoms with van der Waals surface area (Å²) >= 11 is 12.1. The number of sulfonamides is 4. The third-order valence-electron chi connectivity index (χ3n) is 16.2. The van der Waals surface area contributed by atoms with Gasteiger partial charge in [0.05, 0.1) is 89.1 Å². The molecule has 0 saturated heterocycles. The molecule has 118 heavy (non-hydrogen) atoms. The number of ether oxygens (including phenoxy) is 1. The minimum absolute atomic E-state index is 0.0449. The van der Waals surface area contributed by atoms with Crippen LogP contribution in [0.2, 0.25) is 10.3 Å². The predicted molar refractivity (Wildman–Crippen MR) is 422 cm³/mol. The predicted octanol–water partition coefficient (Wildman–Crippen LogP) is 12.4. The van der Waals surface area contributed by atoms with E-state index >= 15 is 0 Å². The molecule has 0 radical (unpaired) electrons. The fraction of sp³-hybridized carbons (Fsp3) is 0.0130. The number of rotatable bonds is 17. The van der Waals surface area contributed by atoms with Gasteiger partial charge < -0.3 is 4.74 Å². The number of pyridine rings is 4. The third kappa shape index (κ3) is 17.9. The second-order valence-electron chi connectivity index (χ2n) is 23.9. The molecule has 0 atom stereocenters. The Kier molecular flexibility index (Phi) is 22.8. The van der Waals surface area contributed by atoms with Gasteiger partial charge in [-0.2, -0.15) is 20.4 Å². The average molecular weight is 1710 g/mol. The number of methoxy groups -OCH3 is 1. The Bertz CT molecular complexity index is 7200. The summed E-state index contributed by atoms with van der Waals surface area (Å²) in [6.45, 7) is 0. The van der Waals surface area contributed by atoms with E-state index in [1.165, 1.54) is 99.0 Å². The molecule has 0 aliphatic carbocycles. The van der Waals surface area contributed by atoms with Crippen molar-refractivity contribution in [2.45, 2.75) is 19.6 Å². The molecular formula is C77H46Cl2F6N20O9S4. The molecule has 4 aromatic carbocycles. The Morgan fingerprint density at radius 3 is 1.05 bits per heavy atom. The normalized spacial score (nSPS) is 11.4. The number of terminal acetylenes is 4. The minimum atomic E-state index is -4.40. The van der Waals surface area contributed by atoms with Crippen molar-refractivity contribution >= 4 is 109 Å².